The number of hydrogen-bond acceptors (Lipinski definition) is 7. The third kappa shape index (κ3) is 3.38. The van der Waals surface area contributed by atoms with Crippen LogP contribution in [-0.2, 0) is 0 Å². The smallest absolute Gasteiger partial charge is 0.311 e. The molecule has 2 aromatic rings. The number of carbonyl (C=O) groups is 1. The number of hydrazone groups is 1. The summed E-state index contributed by atoms with van der Waals surface area (Å²) in [5.74, 6) is -0.361. The molecule has 0 saturated carbocycles. The van der Waals surface area contributed by atoms with Crippen LogP contribution in [0.4, 0.5) is 5.69 Å². The van der Waals surface area contributed by atoms with Crippen molar-refractivity contribution in [3.8, 4) is 17.2 Å². The molecule has 0 aliphatic carbocycles. The molecule has 0 unspecified atom stereocenters. The van der Waals surface area contributed by atoms with Gasteiger partial charge in [0, 0.05) is 16.1 Å². The van der Waals surface area contributed by atoms with Gasteiger partial charge in [-0.15, -0.1) is 0 Å². The van der Waals surface area contributed by atoms with Crippen LogP contribution in [-0.4, -0.2) is 28.9 Å². The summed E-state index contributed by atoms with van der Waals surface area (Å²) in [6.45, 7) is 0.130. The van der Waals surface area contributed by atoms with Crippen LogP contribution in [0.5, 0.6) is 17.2 Å². The predicted octanol–water partition coefficient (Wildman–Crippen LogP) is 2.56. The number of nitro groups is 1. The van der Waals surface area contributed by atoms with Crippen molar-refractivity contribution in [1.29, 1.82) is 0 Å². The zero-order valence-corrected chi connectivity index (χ0v) is 14.0. The first kappa shape index (κ1) is 16.7. The van der Waals surface area contributed by atoms with E-state index in [0.29, 0.717) is 21.5 Å². The van der Waals surface area contributed by atoms with E-state index in [1.165, 1.54) is 18.3 Å². The van der Waals surface area contributed by atoms with Crippen LogP contribution in [0.15, 0.2) is 39.9 Å². The standard InChI is InChI=1S/C15H10BrN3O6/c16-10-5-13-12(24-7-25-13)4-8(10)6-17-18-15(21)9-2-1-3-11(14(9)20)19(22)23/h1-6,20H,7H2,(H,18,21)/b17-6-. The SMILES string of the molecule is O=C(N/N=C\c1cc2c(cc1Br)OCO2)c1cccc([N+](=O)[O-])c1O. The van der Waals surface area contributed by atoms with Gasteiger partial charge in [-0.3, -0.25) is 14.9 Å². The number of amides is 1. The van der Waals surface area contributed by atoms with Crippen LogP contribution in [0.25, 0.3) is 0 Å². The van der Waals surface area contributed by atoms with Gasteiger partial charge in [0.25, 0.3) is 5.91 Å². The first-order valence-electron chi connectivity index (χ1n) is 6.86. The van der Waals surface area contributed by atoms with Gasteiger partial charge in [-0.2, -0.15) is 5.10 Å². The summed E-state index contributed by atoms with van der Waals surface area (Å²) in [5, 5.41) is 24.4. The number of aromatic hydroxyl groups is 1. The van der Waals surface area contributed by atoms with Gasteiger partial charge in [-0.25, -0.2) is 5.43 Å². The van der Waals surface area contributed by atoms with Crippen molar-refractivity contribution >= 4 is 33.7 Å². The molecule has 1 aliphatic heterocycles. The molecule has 0 saturated heterocycles. The van der Waals surface area contributed by atoms with E-state index in [0.717, 1.165) is 6.07 Å². The summed E-state index contributed by atoms with van der Waals surface area (Å²) >= 11 is 3.34. The van der Waals surface area contributed by atoms with Crippen LogP contribution in [0, 0.1) is 10.1 Å². The Kier molecular flexibility index (Phi) is 4.52. The first-order valence-corrected chi connectivity index (χ1v) is 7.65. The Morgan fingerprint density at radius 3 is 2.80 bits per heavy atom. The summed E-state index contributed by atoms with van der Waals surface area (Å²) < 4.78 is 11.2. The van der Waals surface area contributed by atoms with E-state index in [4.69, 9.17) is 9.47 Å². The summed E-state index contributed by atoms with van der Waals surface area (Å²) in [7, 11) is 0. The second-order valence-corrected chi connectivity index (χ2v) is 5.71. The highest BCUT2D eigenvalue weighted by Gasteiger charge is 2.20. The minimum Gasteiger partial charge on any atom is -0.502 e. The maximum Gasteiger partial charge on any atom is 0.311 e. The molecule has 1 aliphatic rings. The Bertz CT molecular complexity index is 899. The molecule has 3 rings (SSSR count). The molecule has 0 radical (unpaired) electrons. The van der Waals surface area contributed by atoms with E-state index < -0.39 is 22.3 Å². The Hall–Kier alpha value is -3.14. The van der Waals surface area contributed by atoms with Gasteiger partial charge in [0.1, 0.15) is 0 Å². The van der Waals surface area contributed by atoms with Gasteiger partial charge in [0.05, 0.1) is 16.7 Å². The van der Waals surface area contributed by atoms with Crippen LogP contribution in [0.1, 0.15) is 15.9 Å². The van der Waals surface area contributed by atoms with Crippen molar-refractivity contribution in [3.63, 3.8) is 0 Å². The molecule has 128 valence electrons. The lowest BCUT2D eigenvalue weighted by molar-refractivity contribution is -0.385. The lowest BCUT2D eigenvalue weighted by Gasteiger charge is -2.04. The largest absolute Gasteiger partial charge is 0.502 e. The highest BCUT2D eigenvalue weighted by Crippen LogP contribution is 2.36. The van der Waals surface area contributed by atoms with E-state index in [1.54, 1.807) is 12.1 Å². The molecule has 0 aromatic heterocycles. The number of fused-ring (bicyclic) bond motifs is 1. The van der Waals surface area contributed by atoms with E-state index in [1.807, 2.05) is 0 Å². The van der Waals surface area contributed by atoms with Gasteiger partial charge in [0.15, 0.2) is 11.5 Å². The molecule has 9 nitrogen and oxygen atoms in total. The fourth-order valence-electron chi connectivity index (χ4n) is 2.11. The Balaban J connectivity index is 1.76. The van der Waals surface area contributed by atoms with Crippen molar-refractivity contribution in [2.45, 2.75) is 0 Å². The maximum atomic E-state index is 12.0. The molecule has 1 amide bonds. The van der Waals surface area contributed by atoms with Gasteiger partial charge >= 0.3 is 5.69 Å². The topological polar surface area (TPSA) is 123 Å². The predicted molar refractivity (Wildman–Crippen MR) is 90.1 cm³/mol. The zero-order chi connectivity index (χ0) is 18.0. The Labute approximate surface area is 149 Å². The number of nitrogens with zero attached hydrogens (tertiary/aromatic N) is 2. The summed E-state index contributed by atoms with van der Waals surface area (Å²) in [6, 6.07) is 7.03. The number of nitro benzene ring substituents is 1. The fourth-order valence-corrected chi connectivity index (χ4v) is 2.54. The number of phenols is 1. The monoisotopic (exact) mass is 407 g/mol. The van der Waals surface area contributed by atoms with Crippen LogP contribution >= 0.6 is 15.9 Å². The maximum absolute atomic E-state index is 12.0. The van der Waals surface area contributed by atoms with Gasteiger partial charge < -0.3 is 14.6 Å². The van der Waals surface area contributed by atoms with Gasteiger partial charge in [0.2, 0.25) is 12.5 Å². The quantitative estimate of drug-likeness (QED) is 0.455. The third-order valence-corrected chi connectivity index (χ3v) is 4.00. The summed E-state index contributed by atoms with van der Waals surface area (Å²) in [4.78, 5) is 22.0. The second-order valence-electron chi connectivity index (χ2n) is 4.86. The number of ether oxygens (including phenoxy) is 2. The highest BCUT2D eigenvalue weighted by molar-refractivity contribution is 9.10. The van der Waals surface area contributed by atoms with Gasteiger partial charge in [-0.1, -0.05) is 6.07 Å². The molecule has 0 atom stereocenters. The number of phenolic OH excluding ortho intramolecular Hbond substituents is 1. The van der Waals surface area contributed by atoms with E-state index in [2.05, 4.69) is 26.5 Å². The molecular weight excluding hydrogens is 398 g/mol. The van der Waals surface area contributed by atoms with Gasteiger partial charge in [-0.05, 0) is 34.1 Å². The number of para-hydroxylation sites is 1. The molecule has 2 aromatic carbocycles. The lowest BCUT2D eigenvalue weighted by Crippen LogP contribution is -2.18. The number of nitrogens with one attached hydrogen (secondary N) is 1. The van der Waals surface area contributed by atoms with E-state index in [-0.39, 0.29) is 12.4 Å². The fraction of sp³-hybridized carbons (Fsp3) is 0.0667. The highest BCUT2D eigenvalue weighted by atomic mass is 79.9. The summed E-state index contributed by atoms with van der Waals surface area (Å²) in [5.41, 5.74) is 2.01. The zero-order valence-electron chi connectivity index (χ0n) is 12.4. The normalized spacial score (nSPS) is 12.4. The number of halogens is 1. The van der Waals surface area contributed by atoms with Crippen molar-refractivity contribution in [2.24, 2.45) is 5.10 Å². The molecule has 25 heavy (non-hydrogen) atoms. The van der Waals surface area contributed by atoms with Crippen molar-refractivity contribution < 1.29 is 24.3 Å². The van der Waals surface area contributed by atoms with E-state index in [9.17, 15) is 20.0 Å². The number of benzene rings is 2. The second kappa shape index (κ2) is 6.77. The number of rotatable bonds is 4. The third-order valence-electron chi connectivity index (χ3n) is 3.32. The summed E-state index contributed by atoms with van der Waals surface area (Å²) in [6.07, 6.45) is 1.36. The van der Waals surface area contributed by atoms with Crippen LogP contribution < -0.4 is 14.9 Å². The lowest BCUT2D eigenvalue weighted by atomic mass is 10.1. The molecule has 0 bridgehead atoms. The Morgan fingerprint density at radius 1 is 1.36 bits per heavy atom. The van der Waals surface area contributed by atoms with Crippen LogP contribution in [0.2, 0.25) is 0 Å². The van der Waals surface area contributed by atoms with Crippen molar-refractivity contribution in [1.82, 2.24) is 5.43 Å². The average Bonchev–Trinajstić information content (AvgIpc) is 3.01. The number of hydrogen-bond donors (Lipinski definition) is 2. The molecular formula is C15H10BrN3O6. The minimum atomic E-state index is -0.783. The van der Waals surface area contributed by atoms with E-state index >= 15 is 0 Å². The molecule has 0 spiro atoms. The molecule has 0 fully saturated rings. The van der Waals surface area contributed by atoms with Crippen molar-refractivity contribution in [2.75, 3.05) is 6.79 Å². The average molecular weight is 408 g/mol. The minimum absolute atomic E-state index is 0.130. The Morgan fingerprint density at radius 2 is 2.08 bits per heavy atom. The first-order chi connectivity index (χ1) is 12.0. The van der Waals surface area contributed by atoms with Crippen LogP contribution in [0.3, 0.4) is 0 Å². The molecule has 10 heteroatoms. The molecule has 2 N–H and O–H groups in total. The number of carbonyl (C=O) groups excluding carboxylic acids is 1. The van der Waals surface area contributed by atoms with Crippen molar-refractivity contribution in [3.05, 3.63) is 56.0 Å². The molecule has 1 heterocycles.